The van der Waals surface area contributed by atoms with Crippen LogP contribution in [-0.4, -0.2) is 38.7 Å². The topological polar surface area (TPSA) is 53.7 Å². The molecule has 4 rings (SSSR count). The van der Waals surface area contributed by atoms with Crippen molar-refractivity contribution in [2.45, 2.75) is 25.9 Å². The lowest BCUT2D eigenvalue weighted by Gasteiger charge is -2.30. The van der Waals surface area contributed by atoms with Crippen molar-refractivity contribution in [1.82, 2.24) is 14.4 Å². The van der Waals surface area contributed by atoms with Gasteiger partial charge in [0.15, 0.2) is 11.5 Å². The number of fused-ring (bicyclic) bond motifs is 1. The molecule has 0 atom stereocenters. The molecule has 0 spiro atoms. The maximum Gasteiger partial charge on any atom is 0.180 e. The van der Waals surface area contributed by atoms with Crippen molar-refractivity contribution < 1.29 is 9.50 Å². The Bertz CT molecular complexity index is 884. The fraction of sp³-hybridized carbons (Fsp3) is 0.333. The van der Waals surface area contributed by atoms with E-state index < -0.39 is 0 Å². The summed E-state index contributed by atoms with van der Waals surface area (Å²) in [7, 11) is 0. The first-order valence-electron chi connectivity index (χ1n) is 8.15. The number of aliphatic hydroxyl groups is 1. The third-order valence-corrected chi connectivity index (χ3v) is 4.57. The van der Waals surface area contributed by atoms with Crippen molar-refractivity contribution in [2.24, 2.45) is 0 Å². The molecule has 2 aromatic heterocycles. The number of halogens is 1. The van der Waals surface area contributed by atoms with Crippen LogP contribution in [0.5, 0.6) is 0 Å². The molecule has 1 aliphatic rings. The molecule has 0 radical (unpaired) electrons. The standard InChI is InChI=1S/C18H19FN4O/c1-12-2-3-14(15(19)10-12)16-11-21-18-17(20-6-9-23(16)18)22-7-4-13(24)5-8-22/h2-3,6,9-11,13,24H,4-5,7-8H2,1H3. The summed E-state index contributed by atoms with van der Waals surface area (Å²) in [6, 6.07) is 5.21. The molecule has 3 aromatic rings. The second kappa shape index (κ2) is 5.87. The average molecular weight is 326 g/mol. The zero-order valence-electron chi connectivity index (χ0n) is 13.5. The number of hydrogen-bond acceptors (Lipinski definition) is 4. The van der Waals surface area contributed by atoms with Crippen molar-refractivity contribution in [3.63, 3.8) is 0 Å². The molecule has 1 fully saturated rings. The number of aromatic nitrogens is 3. The van der Waals surface area contributed by atoms with Gasteiger partial charge in [-0.1, -0.05) is 6.07 Å². The fourth-order valence-electron chi connectivity index (χ4n) is 3.23. The zero-order chi connectivity index (χ0) is 16.7. The van der Waals surface area contributed by atoms with Crippen molar-refractivity contribution in [3.05, 3.63) is 48.2 Å². The Balaban J connectivity index is 1.79. The number of imidazole rings is 1. The third kappa shape index (κ3) is 2.53. The van der Waals surface area contributed by atoms with E-state index in [0.717, 1.165) is 37.3 Å². The van der Waals surface area contributed by atoms with Crippen molar-refractivity contribution >= 4 is 11.5 Å². The summed E-state index contributed by atoms with van der Waals surface area (Å²) < 4.78 is 16.2. The molecule has 0 bridgehead atoms. The van der Waals surface area contributed by atoms with E-state index in [1.165, 1.54) is 6.07 Å². The second-order valence-corrected chi connectivity index (χ2v) is 6.29. The summed E-state index contributed by atoms with van der Waals surface area (Å²) in [6.45, 7) is 3.36. The Morgan fingerprint density at radius 1 is 1.21 bits per heavy atom. The van der Waals surface area contributed by atoms with E-state index in [1.54, 1.807) is 24.7 Å². The zero-order valence-corrected chi connectivity index (χ0v) is 13.5. The number of benzene rings is 1. The summed E-state index contributed by atoms with van der Waals surface area (Å²) in [5.74, 6) is 0.527. The Morgan fingerprint density at radius 2 is 2.00 bits per heavy atom. The van der Waals surface area contributed by atoms with Crippen molar-refractivity contribution in [1.29, 1.82) is 0 Å². The molecular formula is C18H19FN4O. The van der Waals surface area contributed by atoms with E-state index in [0.29, 0.717) is 16.9 Å². The molecule has 1 saturated heterocycles. The minimum atomic E-state index is -0.253. The minimum absolute atomic E-state index is 0.238. The van der Waals surface area contributed by atoms with E-state index in [2.05, 4.69) is 14.9 Å². The number of nitrogens with zero attached hydrogens (tertiary/aromatic N) is 4. The van der Waals surface area contributed by atoms with Gasteiger partial charge in [-0.05, 0) is 37.5 Å². The number of piperidine rings is 1. The van der Waals surface area contributed by atoms with Crippen molar-refractivity contribution in [3.8, 4) is 11.3 Å². The predicted octanol–water partition coefficient (Wildman–Crippen LogP) is 2.80. The van der Waals surface area contributed by atoms with Crippen LogP contribution in [0.1, 0.15) is 18.4 Å². The number of aliphatic hydroxyl groups excluding tert-OH is 1. The summed E-state index contributed by atoms with van der Waals surface area (Å²) in [5.41, 5.74) is 2.84. The Kier molecular flexibility index (Phi) is 3.69. The van der Waals surface area contributed by atoms with Crippen LogP contribution in [0.25, 0.3) is 16.9 Å². The van der Waals surface area contributed by atoms with Gasteiger partial charge in [-0.25, -0.2) is 14.4 Å². The summed E-state index contributed by atoms with van der Waals surface area (Å²) in [5, 5.41) is 9.68. The minimum Gasteiger partial charge on any atom is -0.393 e. The lowest BCUT2D eigenvalue weighted by atomic mass is 10.1. The fourth-order valence-corrected chi connectivity index (χ4v) is 3.23. The predicted molar refractivity (Wildman–Crippen MR) is 90.6 cm³/mol. The molecule has 1 N–H and O–H groups in total. The van der Waals surface area contributed by atoms with Gasteiger partial charge in [-0.15, -0.1) is 0 Å². The van der Waals surface area contributed by atoms with Gasteiger partial charge in [0.2, 0.25) is 0 Å². The largest absolute Gasteiger partial charge is 0.393 e. The van der Waals surface area contributed by atoms with Crippen LogP contribution < -0.4 is 4.90 Å². The molecule has 0 unspecified atom stereocenters. The van der Waals surface area contributed by atoms with Crippen LogP contribution in [0.4, 0.5) is 10.2 Å². The van der Waals surface area contributed by atoms with E-state index in [-0.39, 0.29) is 11.9 Å². The molecule has 24 heavy (non-hydrogen) atoms. The maximum atomic E-state index is 14.3. The summed E-state index contributed by atoms with van der Waals surface area (Å²) in [6.07, 6.45) is 6.42. The van der Waals surface area contributed by atoms with Crippen LogP contribution in [0, 0.1) is 12.7 Å². The van der Waals surface area contributed by atoms with Crippen LogP contribution in [0.15, 0.2) is 36.8 Å². The van der Waals surface area contributed by atoms with Gasteiger partial charge in [0.1, 0.15) is 5.82 Å². The second-order valence-electron chi connectivity index (χ2n) is 6.29. The highest BCUT2D eigenvalue weighted by molar-refractivity contribution is 5.71. The highest BCUT2D eigenvalue weighted by Crippen LogP contribution is 2.28. The first kappa shape index (κ1) is 15.1. The first-order valence-corrected chi connectivity index (χ1v) is 8.15. The van der Waals surface area contributed by atoms with Crippen LogP contribution in [0.3, 0.4) is 0 Å². The highest BCUT2D eigenvalue weighted by Gasteiger charge is 2.22. The van der Waals surface area contributed by atoms with Gasteiger partial charge in [-0.2, -0.15) is 0 Å². The molecule has 1 aromatic carbocycles. The summed E-state index contributed by atoms with van der Waals surface area (Å²) in [4.78, 5) is 11.1. The van der Waals surface area contributed by atoms with Crippen molar-refractivity contribution in [2.75, 3.05) is 18.0 Å². The Hall–Kier alpha value is -2.47. The first-order chi connectivity index (χ1) is 11.6. The number of anilines is 1. The number of aryl methyl sites for hydroxylation is 1. The number of hydrogen-bond donors (Lipinski definition) is 1. The maximum absolute atomic E-state index is 14.3. The molecule has 3 heterocycles. The van der Waals surface area contributed by atoms with E-state index in [1.807, 2.05) is 17.4 Å². The van der Waals surface area contributed by atoms with Crippen LogP contribution in [-0.2, 0) is 0 Å². The van der Waals surface area contributed by atoms with Crippen LogP contribution in [0.2, 0.25) is 0 Å². The molecule has 124 valence electrons. The normalized spacial score (nSPS) is 16.0. The average Bonchev–Trinajstić information content (AvgIpc) is 3.00. The molecular weight excluding hydrogens is 307 g/mol. The lowest BCUT2D eigenvalue weighted by molar-refractivity contribution is 0.145. The van der Waals surface area contributed by atoms with E-state index >= 15 is 0 Å². The monoisotopic (exact) mass is 326 g/mol. The molecule has 0 aliphatic carbocycles. The third-order valence-electron chi connectivity index (χ3n) is 4.57. The van der Waals surface area contributed by atoms with Gasteiger partial charge >= 0.3 is 0 Å². The molecule has 5 nitrogen and oxygen atoms in total. The van der Waals surface area contributed by atoms with E-state index in [9.17, 15) is 9.50 Å². The van der Waals surface area contributed by atoms with Gasteiger partial charge in [0.05, 0.1) is 18.0 Å². The van der Waals surface area contributed by atoms with E-state index in [4.69, 9.17) is 0 Å². The van der Waals surface area contributed by atoms with Gasteiger partial charge in [0, 0.05) is 31.0 Å². The Labute approximate surface area is 139 Å². The smallest absolute Gasteiger partial charge is 0.180 e. The summed E-state index contributed by atoms with van der Waals surface area (Å²) >= 11 is 0. The number of rotatable bonds is 2. The molecule has 0 amide bonds. The molecule has 1 aliphatic heterocycles. The Morgan fingerprint density at radius 3 is 2.75 bits per heavy atom. The lowest BCUT2D eigenvalue weighted by Crippen LogP contribution is -2.36. The quantitative estimate of drug-likeness (QED) is 0.787. The van der Waals surface area contributed by atoms with Gasteiger partial charge in [-0.3, -0.25) is 4.40 Å². The van der Waals surface area contributed by atoms with Crippen LogP contribution >= 0.6 is 0 Å². The highest BCUT2D eigenvalue weighted by atomic mass is 19.1. The SMILES string of the molecule is Cc1ccc(-c2cnc3c(N4CCC(O)CC4)nccn23)c(F)c1. The van der Waals surface area contributed by atoms with Gasteiger partial charge < -0.3 is 10.0 Å². The molecule has 6 heteroatoms. The van der Waals surface area contributed by atoms with Gasteiger partial charge in [0.25, 0.3) is 0 Å². The molecule has 0 saturated carbocycles.